The Morgan fingerprint density at radius 3 is 2.61 bits per heavy atom. The molecule has 0 aliphatic carbocycles. The van der Waals surface area contributed by atoms with Gasteiger partial charge in [-0.1, -0.05) is 42.5 Å². The van der Waals surface area contributed by atoms with Crippen molar-refractivity contribution in [1.29, 1.82) is 0 Å². The second kappa shape index (κ2) is 8.14. The Hall–Kier alpha value is -3.32. The summed E-state index contributed by atoms with van der Waals surface area (Å²) in [5.74, 6) is -0.471. The van der Waals surface area contributed by atoms with Crippen molar-refractivity contribution in [3.8, 4) is 10.4 Å². The molecule has 0 aliphatic rings. The van der Waals surface area contributed by atoms with Crippen LogP contribution in [-0.4, -0.2) is 20.7 Å². The zero-order valence-electron chi connectivity index (χ0n) is 14.9. The molecule has 2 heterocycles. The first-order valence-electron chi connectivity index (χ1n) is 8.73. The first-order chi connectivity index (χ1) is 13.7. The van der Waals surface area contributed by atoms with Gasteiger partial charge in [-0.2, -0.15) is 5.10 Å². The first-order valence-corrected chi connectivity index (χ1v) is 9.54. The summed E-state index contributed by atoms with van der Waals surface area (Å²) in [4.78, 5) is 17.8. The zero-order valence-corrected chi connectivity index (χ0v) is 15.7. The van der Waals surface area contributed by atoms with Gasteiger partial charge in [0.15, 0.2) is 0 Å². The minimum atomic E-state index is -0.293. The summed E-state index contributed by atoms with van der Waals surface area (Å²) in [6, 6.07) is 17.9. The van der Waals surface area contributed by atoms with Gasteiger partial charge >= 0.3 is 0 Å². The molecule has 0 spiro atoms. The number of hydrogen-bond acceptors (Lipinski definition) is 4. The number of carbonyl (C=O) groups is 1. The Morgan fingerprint density at radius 2 is 1.82 bits per heavy atom. The zero-order chi connectivity index (χ0) is 19.3. The van der Waals surface area contributed by atoms with Gasteiger partial charge in [0.05, 0.1) is 11.4 Å². The largest absolute Gasteiger partial charge is 0.347 e. The Labute approximate surface area is 165 Å². The molecule has 2 aromatic heterocycles. The van der Waals surface area contributed by atoms with Crippen molar-refractivity contribution < 1.29 is 9.18 Å². The minimum Gasteiger partial charge on any atom is -0.347 e. The molecular weight excluding hydrogens is 375 g/mol. The van der Waals surface area contributed by atoms with Crippen LogP contribution in [0.5, 0.6) is 0 Å². The highest BCUT2D eigenvalue weighted by Gasteiger charge is 2.13. The van der Waals surface area contributed by atoms with Gasteiger partial charge in [-0.3, -0.25) is 4.79 Å². The quantitative estimate of drug-likeness (QED) is 0.537. The van der Waals surface area contributed by atoms with Gasteiger partial charge in [0.1, 0.15) is 18.5 Å². The molecule has 0 fully saturated rings. The number of aromatic nitrogens is 3. The van der Waals surface area contributed by atoms with E-state index in [0.29, 0.717) is 23.5 Å². The van der Waals surface area contributed by atoms with E-state index >= 15 is 0 Å². The molecule has 2 aromatic carbocycles. The fourth-order valence-corrected chi connectivity index (χ4v) is 3.85. The molecule has 28 heavy (non-hydrogen) atoms. The first kappa shape index (κ1) is 18.1. The van der Waals surface area contributed by atoms with Crippen LogP contribution in [0.3, 0.4) is 0 Å². The summed E-state index contributed by atoms with van der Waals surface area (Å²) >= 11 is 1.28. The number of hydrogen-bond donors (Lipinski definition) is 1. The molecule has 0 aliphatic heterocycles. The highest BCUT2D eigenvalue weighted by Crippen LogP contribution is 2.30. The van der Waals surface area contributed by atoms with Crippen LogP contribution < -0.4 is 5.32 Å². The summed E-state index contributed by atoms with van der Waals surface area (Å²) in [6.45, 7) is 0.985. The number of thiophene rings is 1. The number of nitrogens with zero attached hydrogens (tertiary/aromatic N) is 3. The highest BCUT2D eigenvalue weighted by molar-refractivity contribution is 7.17. The second-order valence-corrected chi connectivity index (χ2v) is 7.27. The van der Waals surface area contributed by atoms with Crippen LogP contribution in [0, 0.1) is 5.82 Å². The Morgan fingerprint density at radius 1 is 1.04 bits per heavy atom. The smallest absolute Gasteiger partial charge is 0.261 e. The van der Waals surface area contributed by atoms with E-state index in [9.17, 15) is 9.18 Å². The number of benzene rings is 2. The molecule has 4 aromatic rings. The van der Waals surface area contributed by atoms with Crippen molar-refractivity contribution in [2.75, 3.05) is 0 Å². The van der Waals surface area contributed by atoms with Crippen molar-refractivity contribution >= 4 is 17.2 Å². The van der Waals surface area contributed by atoms with E-state index in [4.69, 9.17) is 0 Å². The molecule has 140 valence electrons. The van der Waals surface area contributed by atoms with Crippen LogP contribution in [0.15, 0.2) is 73.3 Å². The Balaban J connectivity index is 1.45. The summed E-state index contributed by atoms with van der Waals surface area (Å²) in [5, 5.41) is 7.07. The average Bonchev–Trinajstić information content (AvgIpc) is 3.40. The molecule has 0 unspecified atom stereocenters. The van der Waals surface area contributed by atoms with Crippen molar-refractivity contribution in [3.05, 3.63) is 95.1 Å². The van der Waals surface area contributed by atoms with Gasteiger partial charge in [-0.15, -0.1) is 11.3 Å². The molecule has 1 amide bonds. The third-order valence-corrected chi connectivity index (χ3v) is 5.44. The predicted molar refractivity (Wildman–Crippen MR) is 106 cm³/mol. The molecule has 0 bridgehead atoms. The van der Waals surface area contributed by atoms with E-state index in [1.165, 1.54) is 23.7 Å². The molecular formula is C21H17FN4OS. The third-order valence-electron chi connectivity index (χ3n) is 4.33. The normalized spacial score (nSPS) is 10.8. The molecule has 5 nitrogen and oxygen atoms in total. The number of nitrogens with one attached hydrogen (secondary N) is 1. The second-order valence-electron chi connectivity index (χ2n) is 6.19. The average molecular weight is 392 g/mol. The molecule has 0 radical (unpaired) electrons. The number of rotatable bonds is 6. The molecule has 0 atom stereocenters. The maximum Gasteiger partial charge on any atom is 0.261 e. The predicted octanol–water partition coefficient (Wildman–Crippen LogP) is 4.12. The molecule has 1 N–H and O–H groups in total. The van der Waals surface area contributed by atoms with Crippen LogP contribution in [0.1, 0.15) is 20.8 Å². The SMILES string of the molecule is O=C(NCc1ccccc1Cn1cncn1)c1ccc(-c2ccccc2F)s1. The number of carbonyl (C=O) groups excluding carboxylic acids is 1. The van der Waals surface area contributed by atoms with Gasteiger partial charge in [0.2, 0.25) is 0 Å². The van der Waals surface area contributed by atoms with E-state index in [-0.39, 0.29) is 11.7 Å². The van der Waals surface area contributed by atoms with Crippen LogP contribution >= 0.6 is 11.3 Å². The van der Waals surface area contributed by atoms with Gasteiger partial charge in [-0.05, 0) is 29.3 Å². The maximum absolute atomic E-state index is 13.9. The molecule has 0 saturated carbocycles. The Bertz CT molecular complexity index is 1090. The van der Waals surface area contributed by atoms with E-state index in [2.05, 4.69) is 15.4 Å². The van der Waals surface area contributed by atoms with Crippen LogP contribution in [0.25, 0.3) is 10.4 Å². The monoisotopic (exact) mass is 392 g/mol. The van der Waals surface area contributed by atoms with Crippen LogP contribution in [0.4, 0.5) is 4.39 Å². The maximum atomic E-state index is 13.9. The molecule has 0 saturated heterocycles. The number of amides is 1. The van der Waals surface area contributed by atoms with Crippen LogP contribution in [0.2, 0.25) is 0 Å². The fourth-order valence-electron chi connectivity index (χ4n) is 2.90. The van der Waals surface area contributed by atoms with Gasteiger partial charge < -0.3 is 5.32 Å². The lowest BCUT2D eigenvalue weighted by molar-refractivity contribution is 0.0955. The molecule has 7 heteroatoms. The minimum absolute atomic E-state index is 0.178. The van der Waals surface area contributed by atoms with E-state index in [0.717, 1.165) is 16.0 Å². The summed E-state index contributed by atoms with van der Waals surface area (Å²) in [5.41, 5.74) is 2.58. The third kappa shape index (κ3) is 3.99. The van der Waals surface area contributed by atoms with Crippen molar-refractivity contribution in [2.45, 2.75) is 13.1 Å². The van der Waals surface area contributed by atoms with Gasteiger partial charge in [-0.25, -0.2) is 14.1 Å². The van der Waals surface area contributed by atoms with Crippen LogP contribution in [-0.2, 0) is 13.1 Å². The van der Waals surface area contributed by atoms with E-state index in [1.54, 1.807) is 41.3 Å². The van der Waals surface area contributed by atoms with Crippen molar-refractivity contribution in [1.82, 2.24) is 20.1 Å². The van der Waals surface area contributed by atoms with Crippen molar-refractivity contribution in [3.63, 3.8) is 0 Å². The standard InChI is InChI=1S/C21H17FN4OS/c22-18-8-4-3-7-17(18)19-9-10-20(28-19)21(27)24-11-15-5-1-2-6-16(15)12-26-14-23-13-25-26/h1-10,13-14H,11-12H2,(H,24,27). The Kier molecular flexibility index (Phi) is 5.25. The summed E-state index contributed by atoms with van der Waals surface area (Å²) < 4.78 is 15.7. The van der Waals surface area contributed by atoms with Crippen molar-refractivity contribution in [2.24, 2.45) is 0 Å². The summed E-state index contributed by atoms with van der Waals surface area (Å²) in [6.07, 6.45) is 3.15. The lowest BCUT2D eigenvalue weighted by Crippen LogP contribution is -2.22. The highest BCUT2D eigenvalue weighted by atomic mass is 32.1. The van der Waals surface area contributed by atoms with Gasteiger partial charge in [0.25, 0.3) is 5.91 Å². The lowest BCUT2D eigenvalue weighted by Gasteiger charge is -2.10. The number of halogens is 1. The molecule has 4 rings (SSSR count). The fraction of sp³-hybridized carbons (Fsp3) is 0.0952. The topological polar surface area (TPSA) is 59.8 Å². The summed E-state index contributed by atoms with van der Waals surface area (Å²) in [7, 11) is 0. The van der Waals surface area contributed by atoms with Gasteiger partial charge in [0, 0.05) is 17.0 Å². The lowest BCUT2D eigenvalue weighted by atomic mass is 10.1. The van der Waals surface area contributed by atoms with E-state index < -0.39 is 0 Å². The van der Waals surface area contributed by atoms with E-state index in [1.807, 2.05) is 24.3 Å².